The molecule has 0 spiro atoms. The molecular weight excluding hydrogens is 435 g/mol. The minimum atomic E-state index is -2.08. The molecule has 0 radical (unpaired) electrons. The standard InChI is InChI=1S/C24H19ClP.BrH/c25-23-18-10-11-19-24(23)26(20-12-4-1-5-13-20,21-14-6-2-7-15-21)22-16-8-3-9-17-22;/h1-19H;1H/q+1;/p-1. The van der Waals surface area contributed by atoms with Crippen molar-refractivity contribution in [1.29, 1.82) is 0 Å². The number of hydrogen-bond acceptors (Lipinski definition) is 0. The maximum absolute atomic E-state index is 6.79. The Morgan fingerprint density at radius 2 is 0.778 bits per heavy atom. The zero-order valence-electron chi connectivity index (χ0n) is 14.7. The fourth-order valence-electron chi connectivity index (χ4n) is 3.54. The Hall–Kier alpha value is -1.92. The number of hydrogen-bond donors (Lipinski definition) is 0. The number of benzene rings is 4. The van der Waals surface area contributed by atoms with Gasteiger partial charge in [-0.15, -0.1) is 0 Å². The lowest BCUT2D eigenvalue weighted by Gasteiger charge is -2.28. The summed E-state index contributed by atoms with van der Waals surface area (Å²) in [6.45, 7) is 0. The third-order valence-corrected chi connectivity index (χ3v) is 9.44. The molecule has 0 aliphatic heterocycles. The Balaban J connectivity index is 0.00000210. The van der Waals surface area contributed by atoms with Crippen molar-refractivity contribution >= 4 is 40.1 Å². The van der Waals surface area contributed by atoms with Crippen LogP contribution in [0.15, 0.2) is 115 Å². The first-order chi connectivity index (χ1) is 12.8. The highest BCUT2D eigenvalue weighted by Crippen LogP contribution is 2.55. The van der Waals surface area contributed by atoms with Gasteiger partial charge in [-0.2, -0.15) is 0 Å². The van der Waals surface area contributed by atoms with Crippen LogP contribution in [0.3, 0.4) is 0 Å². The maximum Gasteiger partial charge on any atom is 0.145 e. The molecular formula is C24H19BrClP. The third kappa shape index (κ3) is 3.60. The molecule has 0 saturated carbocycles. The lowest BCUT2D eigenvalue weighted by atomic mass is 10.3. The SMILES string of the molecule is Clc1ccccc1[P+](c1ccccc1)(c1ccccc1)c1ccccc1.[Br-]. The molecule has 0 amide bonds. The van der Waals surface area contributed by atoms with Gasteiger partial charge >= 0.3 is 0 Å². The average Bonchev–Trinajstić information content (AvgIpc) is 2.72. The van der Waals surface area contributed by atoms with E-state index in [0.29, 0.717) is 0 Å². The molecule has 134 valence electrons. The molecule has 0 aliphatic rings. The van der Waals surface area contributed by atoms with Crippen LogP contribution in [0.5, 0.6) is 0 Å². The van der Waals surface area contributed by atoms with Gasteiger partial charge in [-0.3, -0.25) is 0 Å². The third-order valence-electron chi connectivity index (χ3n) is 4.64. The monoisotopic (exact) mass is 452 g/mol. The van der Waals surface area contributed by atoms with Gasteiger partial charge in [-0.05, 0) is 48.5 Å². The molecule has 0 N–H and O–H groups in total. The summed E-state index contributed by atoms with van der Waals surface area (Å²) in [5, 5.41) is 5.95. The van der Waals surface area contributed by atoms with E-state index in [0.717, 1.165) is 5.02 Å². The van der Waals surface area contributed by atoms with E-state index in [2.05, 4.69) is 103 Å². The fourth-order valence-corrected chi connectivity index (χ4v) is 8.35. The largest absolute Gasteiger partial charge is 1.00 e. The first kappa shape index (κ1) is 19.8. The van der Waals surface area contributed by atoms with Crippen molar-refractivity contribution in [3.63, 3.8) is 0 Å². The summed E-state index contributed by atoms with van der Waals surface area (Å²) in [6, 6.07) is 40.6. The van der Waals surface area contributed by atoms with E-state index in [1.807, 2.05) is 12.1 Å². The van der Waals surface area contributed by atoms with Gasteiger partial charge in [0.25, 0.3) is 0 Å². The predicted molar refractivity (Wildman–Crippen MR) is 116 cm³/mol. The first-order valence-electron chi connectivity index (χ1n) is 8.64. The Kier molecular flexibility index (Phi) is 6.50. The molecule has 0 unspecified atom stereocenters. The second kappa shape index (κ2) is 8.85. The Morgan fingerprint density at radius 3 is 1.15 bits per heavy atom. The summed E-state index contributed by atoms with van der Waals surface area (Å²) >= 11 is 6.79. The van der Waals surface area contributed by atoms with Gasteiger partial charge in [0, 0.05) is 0 Å². The van der Waals surface area contributed by atoms with E-state index in [1.54, 1.807) is 0 Å². The van der Waals surface area contributed by atoms with Gasteiger partial charge in [0.05, 0.1) is 5.02 Å². The van der Waals surface area contributed by atoms with Crippen LogP contribution < -0.4 is 38.2 Å². The van der Waals surface area contributed by atoms with Crippen LogP contribution in [-0.2, 0) is 0 Å². The lowest BCUT2D eigenvalue weighted by Crippen LogP contribution is -3.00. The predicted octanol–water partition coefficient (Wildman–Crippen LogP) is 1.96. The molecule has 0 aliphatic carbocycles. The second-order valence-corrected chi connectivity index (χ2v) is 9.91. The van der Waals surface area contributed by atoms with Gasteiger partial charge in [-0.25, -0.2) is 0 Å². The normalized spacial score (nSPS) is 10.9. The van der Waals surface area contributed by atoms with Gasteiger partial charge in [0.1, 0.15) is 28.5 Å². The molecule has 0 nitrogen and oxygen atoms in total. The molecule has 4 aromatic carbocycles. The van der Waals surface area contributed by atoms with Gasteiger partial charge < -0.3 is 17.0 Å². The minimum Gasteiger partial charge on any atom is -1.00 e. The highest BCUT2D eigenvalue weighted by atomic mass is 79.9. The highest BCUT2D eigenvalue weighted by molar-refractivity contribution is 8.01. The smallest absolute Gasteiger partial charge is 0.145 e. The van der Waals surface area contributed by atoms with E-state index in [-0.39, 0.29) is 17.0 Å². The van der Waals surface area contributed by atoms with Crippen molar-refractivity contribution in [2.24, 2.45) is 0 Å². The van der Waals surface area contributed by atoms with Crippen LogP contribution in [0.25, 0.3) is 0 Å². The van der Waals surface area contributed by atoms with Crippen molar-refractivity contribution < 1.29 is 17.0 Å². The van der Waals surface area contributed by atoms with Crippen molar-refractivity contribution in [3.8, 4) is 0 Å². The van der Waals surface area contributed by atoms with Gasteiger partial charge in [0.15, 0.2) is 0 Å². The molecule has 27 heavy (non-hydrogen) atoms. The summed E-state index contributed by atoms with van der Waals surface area (Å²) in [7, 11) is -2.08. The van der Waals surface area contributed by atoms with Crippen molar-refractivity contribution in [2.75, 3.05) is 0 Å². The fraction of sp³-hybridized carbons (Fsp3) is 0. The molecule has 0 bridgehead atoms. The van der Waals surface area contributed by atoms with E-state index < -0.39 is 7.26 Å². The van der Waals surface area contributed by atoms with Crippen LogP contribution in [0.2, 0.25) is 5.02 Å². The number of rotatable bonds is 4. The Labute approximate surface area is 177 Å². The summed E-state index contributed by atoms with van der Waals surface area (Å²) in [6.07, 6.45) is 0. The highest BCUT2D eigenvalue weighted by Gasteiger charge is 2.48. The average molecular weight is 454 g/mol. The molecule has 0 fully saturated rings. The zero-order valence-corrected chi connectivity index (χ0v) is 17.9. The summed E-state index contributed by atoms with van der Waals surface area (Å²) in [4.78, 5) is 0. The Morgan fingerprint density at radius 1 is 0.444 bits per heavy atom. The lowest BCUT2D eigenvalue weighted by molar-refractivity contribution is -0.00000483. The quantitative estimate of drug-likeness (QED) is 0.415. The first-order valence-corrected chi connectivity index (χ1v) is 10.8. The molecule has 0 heterocycles. The van der Waals surface area contributed by atoms with Crippen molar-refractivity contribution in [2.45, 2.75) is 0 Å². The van der Waals surface area contributed by atoms with Crippen molar-refractivity contribution in [3.05, 3.63) is 120 Å². The van der Waals surface area contributed by atoms with E-state index in [9.17, 15) is 0 Å². The van der Waals surface area contributed by atoms with Crippen LogP contribution in [0.4, 0.5) is 0 Å². The number of halogens is 2. The topological polar surface area (TPSA) is 0 Å². The molecule has 3 heteroatoms. The van der Waals surface area contributed by atoms with Crippen LogP contribution in [-0.4, -0.2) is 0 Å². The van der Waals surface area contributed by atoms with Crippen LogP contribution in [0, 0.1) is 0 Å². The Bertz CT molecular complexity index is 892. The molecule has 4 aromatic rings. The van der Waals surface area contributed by atoms with Crippen molar-refractivity contribution in [1.82, 2.24) is 0 Å². The van der Waals surface area contributed by atoms with E-state index in [1.165, 1.54) is 21.2 Å². The summed E-state index contributed by atoms with van der Waals surface area (Å²) < 4.78 is 0. The molecule has 0 aromatic heterocycles. The van der Waals surface area contributed by atoms with Crippen LogP contribution >= 0.6 is 18.9 Å². The van der Waals surface area contributed by atoms with Crippen LogP contribution in [0.1, 0.15) is 0 Å². The summed E-state index contributed by atoms with van der Waals surface area (Å²) in [5.74, 6) is 0. The second-order valence-electron chi connectivity index (χ2n) is 6.13. The molecule has 4 rings (SSSR count). The molecule has 0 saturated heterocycles. The van der Waals surface area contributed by atoms with Gasteiger partial charge in [0.2, 0.25) is 0 Å². The minimum absolute atomic E-state index is 0. The van der Waals surface area contributed by atoms with E-state index in [4.69, 9.17) is 11.6 Å². The summed E-state index contributed by atoms with van der Waals surface area (Å²) in [5.41, 5.74) is 0. The molecule has 0 atom stereocenters. The van der Waals surface area contributed by atoms with E-state index >= 15 is 0 Å². The maximum atomic E-state index is 6.79. The zero-order chi connectivity index (χ0) is 17.8. The van der Waals surface area contributed by atoms with Gasteiger partial charge in [-0.1, -0.05) is 78.3 Å².